The maximum Gasteiger partial charge on any atom is 0.0601 e. The van der Waals surface area contributed by atoms with Gasteiger partial charge in [0.25, 0.3) is 0 Å². The summed E-state index contributed by atoms with van der Waals surface area (Å²) in [4.78, 5) is 0. The molecule has 0 radical (unpaired) electrons. The summed E-state index contributed by atoms with van der Waals surface area (Å²) in [5.74, 6) is 0.813. The Kier molecular flexibility index (Phi) is 4.91. The van der Waals surface area contributed by atoms with E-state index in [9.17, 15) is 4.21 Å². The van der Waals surface area contributed by atoms with E-state index in [1.807, 2.05) is 0 Å². The van der Waals surface area contributed by atoms with E-state index in [0.29, 0.717) is 12.1 Å². The fourth-order valence-corrected chi connectivity index (χ4v) is 2.06. The van der Waals surface area contributed by atoms with Gasteiger partial charge in [0.15, 0.2) is 0 Å². The molecule has 4 heteroatoms. The lowest BCUT2D eigenvalue weighted by Crippen LogP contribution is -2.45. The second kappa shape index (κ2) is 5.73. The number of hydrogen-bond donors (Lipinski definition) is 1. The molecule has 1 fully saturated rings. The zero-order chi connectivity index (χ0) is 9.68. The Hall–Kier alpha value is 0.0700. The van der Waals surface area contributed by atoms with Gasteiger partial charge < -0.3 is 10.1 Å². The normalized spacial score (nSPS) is 29.7. The third-order valence-corrected chi connectivity index (χ3v) is 3.33. The number of methoxy groups -OCH3 is 1. The van der Waals surface area contributed by atoms with Crippen molar-refractivity contribution in [2.24, 2.45) is 0 Å². The summed E-state index contributed by atoms with van der Waals surface area (Å²) in [5, 5.41) is 3.42. The zero-order valence-electron chi connectivity index (χ0n) is 8.41. The molecule has 0 spiro atoms. The minimum atomic E-state index is -0.638. The first kappa shape index (κ1) is 11.1. The van der Waals surface area contributed by atoms with E-state index in [4.69, 9.17) is 4.74 Å². The van der Waals surface area contributed by atoms with Crippen LogP contribution in [-0.4, -0.2) is 42.0 Å². The molecule has 1 aliphatic carbocycles. The van der Waals surface area contributed by atoms with E-state index in [-0.39, 0.29) is 0 Å². The van der Waals surface area contributed by atoms with Crippen LogP contribution in [-0.2, 0) is 15.5 Å². The van der Waals surface area contributed by atoms with Gasteiger partial charge in [-0.15, -0.1) is 0 Å². The van der Waals surface area contributed by atoms with Crippen LogP contribution in [0.4, 0.5) is 0 Å². The average Bonchev–Trinajstić information content (AvgIpc) is 2.00. The highest BCUT2D eigenvalue weighted by Gasteiger charge is 2.27. The van der Waals surface area contributed by atoms with Gasteiger partial charge in [0.2, 0.25) is 0 Å². The summed E-state index contributed by atoms with van der Waals surface area (Å²) in [6, 6.07) is 0.634. The molecule has 1 saturated carbocycles. The van der Waals surface area contributed by atoms with Crippen LogP contribution in [0.3, 0.4) is 0 Å². The van der Waals surface area contributed by atoms with Gasteiger partial charge in [-0.25, -0.2) is 0 Å². The van der Waals surface area contributed by atoms with Gasteiger partial charge in [-0.1, -0.05) is 0 Å². The van der Waals surface area contributed by atoms with Crippen molar-refractivity contribution in [1.29, 1.82) is 0 Å². The van der Waals surface area contributed by atoms with Crippen molar-refractivity contribution >= 4 is 10.8 Å². The van der Waals surface area contributed by atoms with Crippen LogP contribution in [0, 0.1) is 0 Å². The van der Waals surface area contributed by atoms with E-state index in [0.717, 1.165) is 31.6 Å². The smallest absolute Gasteiger partial charge is 0.0601 e. The molecule has 0 saturated heterocycles. The van der Waals surface area contributed by atoms with Crippen molar-refractivity contribution in [2.45, 2.75) is 31.4 Å². The van der Waals surface area contributed by atoms with E-state index in [1.165, 1.54) is 0 Å². The van der Waals surface area contributed by atoms with E-state index in [1.54, 1.807) is 13.4 Å². The largest absolute Gasteiger partial charge is 0.381 e. The van der Waals surface area contributed by atoms with Gasteiger partial charge in [0, 0.05) is 36.0 Å². The number of hydrogen-bond acceptors (Lipinski definition) is 3. The summed E-state index contributed by atoms with van der Waals surface area (Å²) >= 11 is 0. The molecule has 0 aromatic rings. The third-order valence-electron chi connectivity index (χ3n) is 2.47. The Bertz CT molecular complexity index is 169. The quantitative estimate of drug-likeness (QED) is 0.643. The molecule has 1 N–H and O–H groups in total. The van der Waals surface area contributed by atoms with Crippen LogP contribution in [0.15, 0.2) is 0 Å². The van der Waals surface area contributed by atoms with Crippen molar-refractivity contribution in [3.8, 4) is 0 Å². The highest BCUT2D eigenvalue weighted by Crippen LogP contribution is 2.22. The third kappa shape index (κ3) is 4.20. The number of ether oxygens (including phenoxy) is 1. The summed E-state index contributed by atoms with van der Waals surface area (Å²) < 4.78 is 15.9. The molecule has 0 heterocycles. The molecule has 0 bridgehead atoms. The Morgan fingerprint density at radius 1 is 1.54 bits per heavy atom. The maximum atomic E-state index is 10.7. The SMILES string of the molecule is COC1CC(NCCCS(C)=O)C1. The standard InChI is InChI=1S/C9H19NO2S/c1-12-9-6-8(7-9)10-4-3-5-13(2)11/h8-10H,3-7H2,1-2H3. The van der Waals surface area contributed by atoms with Crippen molar-refractivity contribution < 1.29 is 8.95 Å². The van der Waals surface area contributed by atoms with Crippen LogP contribution in [0.2, 0.25) is 0 Å². The Morgan fingerprint density at radius 2 is 2.23 bits per heavy atom. The highest BCUT2D eigenvalue weighted by molar-refractivity contribution is 7.84. The molecule has 1 aliphatic rings. The lowest BCUT2D eigenvalue weighted by Gasteiger charge is -2.34. The minimum Gasteiger partial charge on any atom is -0.381 e. The fraction of sp³-hybridized carbons (Fsp3) is 1.00. The summed E-state index contributed by atoms with van der Waals surface area (Å²) in [6.07, 6.45) is 5.50. The summed E-state index contributed by atoms with van der Waals surface area (Å²) in [6.45, 7) is 0.987. The fourth-order valence-electron chi connectivity index (χ4n) is 1.51. The van der Waals surface area contributed by atoms with Crippen molar-refractivity contribution in [3.05, 3.63) is 0 Å². The van der Waals surface area contributed by atoms with Crippen molar-refractivity contribution in [3.63, 3.8) is 0 Å². The molecular formula is C9H19NO2S. The molecule has 0 aromatic heterocycles. The Balaban J connectivity index is 1.88. The lowest BCUT2D eigenvalue weighted by atomic mass is 9.89. The predicted molar refractivity (Wildman–Crippen MR) is 55.4 cm³/mol. The van der Waals surface area contributed by atoms with Crippen LogP contribution in [0.25, 0.3) is 0 Å². The molecule has 0 amide bonds. The van der Waals surface area contributed by atoms with Crippen molar-refractivity contribution in [2.75, 3.05) is 25.7 Å². The first-order valence-electron chi connectivity index (χ1n) is 4.78. The molecular weight excluding hydrogens is 186 g/mol. The molecule has 3 nitrogen and oxygen atoms in total. The highest BCUT2D eigenvalue weighted by atomic mass is 32.2. The van der Waals surface area contributed by atoms with Gasteiger partial charge in [-0.3, -0.25) is 4.21 Å². The van der Waals surface area contributed by atoms with Gasteiger partial charge in [0.05, 0.1) is 6.10 Å². The lowest BCUT2D eigenvalue weighted by molar-refractivity contribution is 0.0176. The zero-order valence-corrected chi connectivity index (χ0v) is 9.23. The molecule has 1 rings (SSSR count). The van der Waals surface area contributed by atoms with E-state index in [2.05, 4.69) is 5.32 Å². The van der Waals surface area contributed by atoms with Gasteiger partial charge in [-0.05, 0) is 25.8 Å². The van der Waals surface area contributed by atoms with Gasteiger partial charge >= 0.3 is 0 Å². The van der Waals surface area contributed by atoms with Crippen LogP contribution >= 0.6 is 0 Å². The first-order valence-corrected chi connectivity index (χ1v) is 6.51. The second-order valence-electron chi connectivity index (χ2n) is 3.61. The molecule has 1 unspecified atom stereocenters. The van der Waals surface area contributed by atoms with Crippen LogP contribution in [0.1, 0.15) is 19.3 Å². The Labute approximate surface area is 82.7 Å². The predicted octanol–water partition coefficient (Wildman–Crippen LogP) is 0.522. The van der Waals surface area contributed by atoms with Crippen molar-refractivity contribution in [1.82, 2.24) is 5.32 Å². The summed E-state index contributed by atoms with van der Waals surface area (Å²) in [7, 11) is 1.13. The maximum absolute atomic E-state index is 10.7. The monoisotopic (exact) mass is 205 g/mol. The first-order chi connectivity index (χ1) is 6.22. The second-order valence-corrected chi connectivity index (χ2v) is 5.17. The van der Waals surface area contributed by atoms with E-state index < -0.39 is 10.8 Å². The Morgan fingerprint density at radius 3 is 2.77 bits per heavy atom. The van der Waals surface area contributed by atoms with Crippen LogP contribution in [0.5, 0.6) is 0 Å². The van der Waals surface area contributed by atoms with Gasteiger partial charge in [-0.2, -0.15) is 0 Å². The molecule has 0 aliphatic heterocycles. The van der Waals surface area contributed by atoms with E-state index >= 15 is 0 Å². The molecule has 0 aromatic carbocycles. The summed E-state index contributed by atoms with van der Waals surface area (Å²) in [5.41, 5.74) is 0. The number of nitrogens with one attached hydrogen (secondary N) is 1. The molecule has 78 valence electrons. The number of rotatable bonds is 6. The topological polar surface area (TPSA) is 38.3 Å². The molecule has 1 atom stereocenters. The average molecular weight is 205 g/mol. The minimum absolute atomic E-state index is 0.470. The van der Waals surface area contributed by atoms with Crippen LogP contribution < -0.4 is 5.32 Å². The van der Waals surface area contributed by atoms with Gasteiger partial charge in [0.1, 0.15) is 0 Å². The molecule has 13 heavy (non-hydrogen) atoms.